The Morgan fingerprint density at radius 2 is 2.23 bits per heavy atom. The summed E-state index contributed by atoms with van der Waals surface area (Å²) in [5, 5.41) is 10.7. The monoisotopic (exact) mass is 181 g/mol. The summed E-state index contributed by atoms with van der Waals surface area (Å²) in [4.78, 5) is 0. The van der Waals surface area contributed by atoms with Crippen LogP contribution in [-0.2, 0) is 0 Å². The molecule has 13 heavy (non-hydrogen) atoms. The van der Waals surface area contributed by atoms with Crippen molar-refractivity contribution in [3.63, 3.8) is 0 Å². The van der Waals surface area contributed by atoms with E-state index in [1.165, 1.54) is 19.3 Å². The van der Waals surface area contributed by atoms with Crippen molar-refractivity contribution in [3.05, 3.63) is 5.89 Å². The minimum atomic E-state index is 0.543. The van der Waals surface area contributed by atoms with Crippen LogP contribution in [0, 0.1) is 12.3 Å². The van der Waals surface area contributed by atoms with Crippen LogP contribution < -0.4 is 5.32 Å². The van der Waals surface area contributed by atoms with Gasteiger partial charge in [-0.1, -0.05) is 12.0 Å². The summed E-state index contributed by atoms with van der Waals surface area (Å²) < 4.78 is 5.19. The summed E-state index contributed by atoms with van der Waals surface area (Å²) in [6, 6.07) is 0.543. The Bertz CT molecular complexity index is 291. The molecule has 0 radical (unpaired) electrons. The first kappa shape index (κ1) is 8.53. The van der Waals surface area contributed by atoms with Crippen molar-refractivity contribution in [2.24, 2.45) is 5.41 Å². The number of nitrogens with zero attached hydrogens (tertiary/aromatic N) is 2. The van der Waals surface area contributed by atoms with Gasteiger partial charge in [-0.05, 0) is 24.7 Å². The molecule has 1 saturated carbocycles. The second kappa shape index (κ2) is 3.01. The molecule has 72 valence electrons. The van der Waals surface area contributed by atoms with E-state index in [0.717, 1.165) is 6.54 Å². The van der Waals surface area contributed by atoms with Crippen molar-refractivity contribution < 1.29 is 4.42 Å². The number of anilines is 1. The van der Waals surface area contributed by atoms with Crippen LogP contribution in [0.2, 0.25) is 0 Å². The smallest absolute Gasteiger partial charge is 0.315 e. The van der Waals surface area contributed by atoms with Gasteiger partial charge in [-0.2, -0.15) is 0 Å². The summed E-state index contributed by atoms with van der Waals surface area (Å²) in [6.07, 6.45) is 3.91. The van der Waals surface area contributed by atoms with Gasteiger partial charge in [-0.15, -0.1) is 5.10 Å². The minimum Gasteiger partial charge on any atom is -0.408 e. The molecule has 0 bridgehead atoms. The molecular weight excluding hydrogens is 166 g/mol. The van der Waals surface area contributed by atoms with E-state index in [2.05, 4.69) is 22.4 Å². The average Bonchev–Trinajstić information content (AvgIpc) is 2.65. The second-order valence-corrected chi connectivity index (χ2v) is 4.11. The first-order valence-corrected chi connectivity index (χ1v) is 4.72. The van der Waals surface area contributed by atoms with E-state index >= 15 is 0 Å². The second-order valence-electron chi connectivity index (χ2n) is 4.11. The average molecular weight is 181 g/mol. The van der Waals surface area contributed by atoms with Crippen LogP contribution in [0.4, 0.5) is 6.01 Å². The Labute approximate surface area is 77.7 Å². The molecular formula is C9H15N3O. The molecule has 0 spiro atoms. The maximum Gasteiger partial charge on any atom is 0.315 e. The Kier molecular flexibility index (Phi) is 1.98. The molecule has 1 heterocycles. The fraction of sp³-hybridized carbons (Fsp3) is 0.778. The standard InChI is InChI=1S/C9H15N3O/c1-7-11-12-8(13-7)10-6-5-9(2)3-4-9/h3-6H2,1-2H3,(H,10,12). The molecule has 1 aromatic heterocycles. The Morgan fingerprint density at radius 1 is 1.46 bits per heavy atom. The maximum atomic E-state index is 5.19. The summed E-state index contributed by atoms with van der Waals surface area (Å²) >= 11 is 0. The molecule has 1 N–H and O–H groups in total. The molecule has 0 aromatic carbocycles. The van der Waals surface area contributed by atoms with Gasteiger partial charge >= 0.3 is 6.01 Å². The number of aromatic nitrogens is 2. The quantitative estimate of drug-likeness (QED) is 0.771. The molecule has 0 amide bonds. The third kappa shape index (κ3) is 2.20. The van der Waals surface area contributed by atoms with E-state index in [4.69, 9.17) is 4.42 Å². The van der Waals surface area contributed by atoms with Crippen LogP contribution in [0.1, 0.15) is 32.1 Å². The summed E-state index contributed by atoms with van der Waals surface area (Å²) in [7, 11) is 0. The van der Waals surface area contributed by atoms with Gasteiger partial charge in [-0.25, -0.2) is 0 Å². The van der Waals surface area contributed by atoms with Crippen molar-refractivity contribution in [1.82, 2.24) is 10.2 Å². The number of rotatable bonds is 4. The van der Waals surface area contributed by atoms with Crippen LogP contribution in [-0.4, -0.2) is 16.7 Å². The number of aryl methyl sites for hydroxylation is 1. The highest BCUT2D eigenvalue weighted by Crippen LogP contribution is 2.47. The van der Waals surface area contributed by atoms with Gasteiger partial charge in [-0.3, -0.25) is 0 Å². The SMILES string of the molecule is Cc1nnc(NCCC2(C)CC2)o1. The summed E-state index contributed by atoms with van der Waals surface area (Å²) in [5.41, 5.74) is 0.585. The zero-order valence-corrected chi connectivity index (χ0v) is 8.13. The zero-order valence-electron chi connectivity index (χ0n) is 8.13. The van der Waals surface area contributed by atoms with Crippen LogP contribution in [0.3, 0.4) is 0 Å². The number of hydrogen-bond donors (Lipinski definition) is 1. The van der Waals surface area contributed by atoms with Crippen LogP contribution >= 0.6 is 0 Å². The molecule has 4 nitrogen and oxygen atoms in total. The topological polar surface area (TPSA) is 51.0 Å². The normalized spacial score (nSPS) is 18.6. The van der Waals surface area contributed by atoms with E-state index in [0.29, 0.717) is 17.3 Å². The van der Waals surface area contributed by atoms with Crippen molar-refractivity contribution in [2.75, 3.05) is 11.9 Å². The molecule has 2 rings (SSSR count). The van der Waals surface area contributed by atoms with E-state index in [1.54, 1.807) is 6.92 Å². The van der Waals surface area contributed by atoms with Gasteiger partial charge in [0.1, 0.15) is 0 Å². The van der Waals surface area contributed by atoms with Gasteiger partial charge < -0.3 is 9.73 Å². The molecule has 0 saturated heterocycles. The fourth-order valence-corrected chi connectivity index (χ4v) is 1.30. The number of nitrogens with one attached hydrogen (secondary N) is 1. The van der Waals surface area contributed by atoms with Crippen molar-refractivity contribution in [3.8, 4) is 0 Å². The Balaban J connectivity index is 1.73. The van der Waals surface area contributed by atoms with Crippen LogP contribution in [0.15, 0.2) is 4.42 Å². The fourth-order valence-electron chi connectivity index (χ4n) is 1.30. The van der Waals surface area contributed by atoms with Gasteiger partial charge in [0, 0.05) is 13.5 Å². The Hall–Kier alpha value is -1.06. The predicted octanol–water partition coefficient (Wildman–Crippen LogP) is 1.98. The molecule has 1 aliphatic rings. The molecule has 1 fully saturated rings. The van der Waals surface area contributed by atoms with E-state index in [-0.39, 0.29) is 0 Å². The molecule has 0 aliphatic heterocycles. The van der Waals surface area contributed by atoms with Crippen molar-refractivity contribution >= 4 is 6.01 Å². The highest BCUT2D eigenvalue weighted by atomic mass is 16.4. The van der Waals surface area contributed by atoms with E-state index in [9.17, 15) is 0 Å². The predicted molar refractivity (Wildman–Crippen MR) is 49.5 cm³/mol. The number of hydrogen-bond acceptors (Lipinski definition) is 4. The lowest BCUT2D eigenvalue weighted by Gasteiger charge is -2.06. The van der Waals surface area contributed by atoms with Gasteiger partial charge in [0.2, 0.25) is 5.89 Å². The largest absolute Gasteiger partial charge is 0.408 e. The van der Waals surface area contributed by atoms with Crippen LogP contribution in [0.25, 0.3) is 0 Å². The zero-order chi connectivity index (χ0) is 9.31. The first-order valence-electron chi connectivity index (χ1n) is 4.72. The highest BCUT2D eigenvalue weighted by Gasteiger charge is 2.36. The van der Waals surface area contributed by atoms with E-state index < -0.39 is 0 Å². The summed E-state index contributed by atoms with van der Waals surface area (Å²) in [5.74, 6) is 0.611. The van der Waals surface area contributed by atoms with Crippen LogP contribution in [0.5, 0.6) is 0 Å². The van der Waals surface area contributed by atoms with Crippen molar-refractivity contribution in [2.45, 2.75) is 33.1 Å². The van der Waals surface area contributed by atoms with E-state index in [1.807, 2.05) is 0 Å². The van der Waals surface area contributed by atoms with Gasteiger partial charge in [0.25, 0.3) is 0 Å². The molecule has 1 aliphatic carbocycles. The van der Waals surface area contributed by atoms with Gasteiger partial charge in [0.15, 0.2) is 0 Å². The molecule has 0 atom stereocenters. The molecule has 1 aromatic rings. The third-order valence-corrected chi connectivity index (χ3v) is 2.63. The molecule has 4 heteroatoms. The Morgan fingerprint density at radius 3 is 2.77 bits per heavy atom. The summed E-state index contributed by atoms with van der Waals surface area (Å²) in [6.45, 7) is 5.03. The minimum absolute atomic E-state index is 0.543. The van der Waals surface area contributed by atoms with Crippen molar-refractivity contribution in [1.29, 1.82) is 0 Å². The highest BCUT2D eigenvalue weighted by molar-refractivity contribution is 5.16. The lowest BCUT2D eigenvalue weighted by atomic mass is 10.1. The van der Waals surface area contributed by atoms with Gasteiger partial charge in [0.05, 0.1) is 0 Å². The first-order chi connectivity index (χ1) is 6.18. The lowest BCUT2D eigenvalue weighted by Crippen LogP contribution is -2.07. The maximum absolute atomic E-state index is 5.19. The lowest BCUT2D eigenvalue weighted by molar-refractivity contribution is 0.509. The molecule has 0 unspecified atom stereocenters. The third-order valence-electron chi connectivity index (χ3n) is 2.63.